The fraction of sp³-hybridized carbons (Fsp3) is 0.857. The maximum absolute atomic E-state index is 10.9. The molecule has 0 aromatic heterocycles. The third-order valence-electron chi connectivity index (χ3n) is 1.60. The van der Waals surface area contributed by atoms with Crippen molar-refractivity contribution in [1.29, 1.82) is 0 Å². The molecule has 1 unspecified atom stereocenters. The number of esters is 1. The highest BCUT2D eigenvalue weighted by molar-refractivity contribution is 5.77. The summed E-state index contributed by atoms with van der Waals surface area (Å²) in [5, 5.41) is 0. The van der Waals surface area contributed by atoms with Gasteiger partial charge in [0.2, 0.25) is 0 Å². The zero-order valence-corrected chi connectivity index (χ0v) is 6.51. The van der Waals surface area contributed by atoms with Gasteiger partial charge in [0.1, 0.15) is 5.60 Å². The molecule has 3 heteroatoms. The lowest BCUT2D eigenvalue weighted by Crippen LogP contribution is -2.17. The smallest absolute Gasteiger partial charge is 0.335 e. The normalized spacial score (nSPS) is 30.3. The van der Waals surface area contributed by atoms with E-state index in [4.69, 9.17) is 9.47 Å². The third-order valence-corrected chi connectivity index (χ3v) is 1.60. The van der Waals surface area contributed by atoms with Crippen LogP contribution in [0, 0.1) is 0 Å². The molecular formula is C7H12O3. The first-order chi connectivity index (χ1) is 4.55. The summed E-state index contributed by atoms with van der Waals surface area (Å²) in [7, 11) is 1.52. The van der Waals surface area contributed by atoms with Gasteiger partial charge in [-0.05, 0) is 13.8 Å². The van der Waals surface area contributed by atoms with Crippen LogP contribution < -0.4 is 0 Å². The van der Waals surface area contributed by atoms with Crippen LogP contribution in [0.5, 0.6) is 0 Å². The Balaban J connectivity index is 2.61. The van der Waals surface area contributed by atoms with Crippen LogP contribution in [0.1, 0.15) is 20.3 Å². The summed E-state index contributed by atoms with van der Waals surface area (Å²) < 4.78 is 9.87. The van der Waals surface area contributed by atoms with Crippen molar-refractivity contribution in [2.45, 2.75) is 32.0 Å². The molecule has 0 aromatic rings. The SMILES string of the molecule is COC1CC(C)(C)OC1=O. The second-order valence-electron chi connectivity index (χ2n) is 3.11. The highest BCUT2D eigenvalue weighted by atomic mass is 16.6. The second kappa shape index (κ2) is 2.23. The average Bonchev–Trinajstić information content (AvgIpc) is 2.05. The highest BCUT2D eigenvalue weighted by Crippen LogP contribution is 2.26. The van der Waals surface area contributed by atoms with Crippen LogP contribution in [0.2, 0.25) is 0 Å². The summed E-state index contributed by atoms with van der Waals surface area (Å²) in [5.74, 6) is -0.243. The van der Waals surface area contributed by atoms with E-state index in [1.807, 2.05) is 13.8 Å². The molecule has 1 fully saturated rings. The molecule has 0 bridgehead atoms. The molecule has 3 nitrogen and oxygen atoms in total. The number of carbonyl (C=O) groups excluding carboxylic acids is 1. The molecule has 0 spiro atoms. The molecule has 0 aromatic carbocycles. The van der Waals surface area contributed by atoms with Crippen molar-refractivity contribution in [2.24, 2.45) is 0 Å². The van der Waals surface area contributed by atoms with Gasteiger partial charge in [-0.2, -0.15) is 0 Å². The molecular weight excluding hydrogens is 132 g/mol. The summed E-state index contributed by atoms with van der Waals surface area (Å²) in [6, 6.07) is 0. The Kier molecular flexibility index (Phi) is 1.68. The summed E-state index contributed by atoms with van der Waals surface area (Å²) in [6.45, 7) is 3.76. The van der Waals surface area contributed by atoms with Crippen molar-refractivity contribution < 1.29 is 14.3 Å². The molecule has 10 heavy (non-hydrogen) atoms. The summed E-state index contributed by atoms with van der Waals surface area (Å²) in [5.41, 5.74) is -0.336. The summed E-state index contributed by atoms with van der Waals surface area (Å²) in [4.78, 5) is 10.9. The van der Waals surface area contributed by atoms with Crippen LogP contribution in [-0.2, 0) is 14.3 Å². The summed E-state index contributed by atoms with van der Waals surface area (Å²) in [6.07, 6.45) is 0.303. The van der Waals surface area contributed by atoms with Crippen molar-refractivity contribution in [2.75, 3.05) is 7.11 Å². The molecule has 1 aliphatic heterocycles. The maximum atomic E-state index is 10.9. The van der Waals surface area contributed by atoms with Crippen LogP contribution in [0.3, 0.4) is 0 Å². The van der Waals surface area contributed by atoms with E-state index in [9.17, 15) is 4.79 Å². The Morgan fingerprint density at radius 3 is 2.50 bits per heavy atom. The molecule has 0 N–H and O–H groups in total. The van der Waals surface area contributed by atoms with Gasteiger partial charge >= 0.3 is 5.97 Å². The number of rotatable bonds is 1. The van der Waals surface area contributed by atoms with Crippen LogP contribution in [0.4, 0.5) is 0 Å². The Morgan fingerprint density at radius 2 is 2.30 bits per heavy atom. The Hall–Kier alpha value is -0.570. The van der Waals surface area contributed by atoms with Gasteiger partial charge in [-0.1, -0.05) is 0 Å². The van der Waals surface area contributed by atoms with E-state index < -0.39 is 0 Å². The number of carbonyl (C=O) groups is 1. The zero-order valence-electron chi connectivity index (χ0n) is 6.51. The van der Waals surface area contributed by atoms with Crippen molar-refractivity contribution in [3.63, 3.8) is 0 Å². The van der Waals surface area contributed by atoms with Gasteiger partial charge in [0.05, 0.1) is 0 Å². The highest BCUT2D eigenvalue weighted by Gasteiger charge is 2.39. The first-order valence-electron chi connectivity index (χ1n) is 3.31. The quantitative estimate of drug-likeness (QED) is 0.509. The molecule has 1 aliphatic rings. The van der Waals surface area contributed by atoms with Gasteiger partial charge in [0.15, 0.2) is 6.10 Å². The number of hydrogen-bond acceptors (Lipinski definition) is 3. The van der Waals surface area contributed by atoms with Crippen molar-refractivity contribution >= 4 is 5.97 Å². The predicted octanol–water partition coefficient (Wildman–Crippen LogP) is 0.727. The largest absolute Gasteiger partial charge is 0.458 e. The van der Waals surface area contributed by atoms with E-state index in [1.54, 1.807) is 0 Å². The van der Waals surface area contributed by atoms with Gasteiger partial charge < -0.3 is 9.47 Å². The van der Waals surface area contributed by atoms with E-state index in [-0.39, 0.29) is 17.7 Å². The maximum Gasteiger partial charge on any atom is 0.335 e. The molecule has 0 radical (unpaired) electrons. The molecule has 58 valence electrons. The molecule has 1 rings (SSSR count). The van der Waals surface area contributed by atoms with Crippen molar-refractivity contribution in [1.82, 2.24) is 0 Å². The zero-order chi connectivity index (χ0) is 7.78. The minimum Gasteiger partial charge on any atom is -0.458 e. The lowest BCUT2D eigenvalue weighted by Gasteiger charge is -2.13. The Labute approximate surface area is 60.3 Å². The van der Waals surface area contributed by atoms with Gasteiger partial charge in [-0.3, -0.25) is 0 Å². The molecule has 0 saturated carbocycles. The monoisotopic (exact) mass is 144 g/mol. The average molecular weight is 144 g/mol. The molecule has 1 heterocycles. The van der Waals surface area contributed by atoms with Crippen LogP contribution in [-0.4, -0.2) is 24.8 Å². The van der Waals surface area contributed by atoms with Crippen LogP contribution in [0.15, 0.2) is 0 Å². The van der Waals surface area contributed by atoms with E-state index in [0.29, 0.717) is 6.42 Å². The number of methoxy groups -OCH3 is 1. The fourth-order valence-corrected chi connectivity index (χ4v) is 1.09. The minimum absolute atomic E-state index is 0.243. The lowest BCUT2D eigenvalue weighted by molar-refractivity contribution is -0.151. The Bertz CT molecular complexity index is 151. The number of ether oxygens (including phenoxy) is 2. The summed E-state index contributed by atoms with van der Waals surface area (Å²) >= 11 is 0. The fourth-order valence-electron chi connectivity index (χ4n) is 1.09. The standard InChI is InChI=1S/C7H12O3/c1-7(2)4-5(9-3)6(8)10-7/h5H,4H2,1-3H3. The topological polar surface area (TPSA) is 35.5 Å². The minimum atomic E-state index is -0.352. The van der Waals surface area contributed by atoms with E-state index in [1.165, 1.54) is 7.11 Å². The number of hydrogen-bond donors (Lipinski definition) is 0. The molecule has 1 saturated heterocycles. The molecule has 0 amide bonds. The second-order valence-corrected chi connectivity index (χ2v) is 3.11. The van der Waals surface area contributed by atoms with Gasteiger partial charge in [-0.15, -0.1) is 0 Å². The first-order valence-corrected chi connectivity index (χ1v) is 3.31. The van der Waals surface area contributed by atoms with Crippen LogP contribution >= 0.6 is 0 Å². The lowest BCUT2D eigenvalue weighted by atomic mass is 10.1. The van der Waals surface area contributed by atoms with Crippen molar-refractivity contribution in [3.05, 3.63) is 0 Å². The molecule has 0 aliphatic carbocycles. The van der Waals surface area contributed by atoms with Crippen molar-refractivity contribution in [3.8, 4) is 0 Å². The number of cyclic esters (lactones) is 1. The third kappa shape index (κ3) is 1.29. The van der Waals surface area contributed by atoms with E-state index in [0.717, 1.165) is 0 Å². The van der Waals surface area contributed by atoms with Gasteiger partial charge in [0, 0.05) is 13.5 Å². The molecule has 1 atom stereocenters. The van der Waals surface area contributed by atoms with Gasteiger partial charge in [-0.25, -0.2) is 4.79 Å². The first kappa shape index (κ1) is 7.54. The van der Waals surface area contributed by atoms with Gasteiger partial charge in [0.25, 0.3) is 0 Å². The van der Waals surface area contributed by atoms with Crippen LogP contribution in [0.25, 0.3) is 0 Å². The Morgan fingerprint density at radius 1 is 1.70 bits per heavy atom. The van der Waals surface area contributed by atoms with E-state index >= 15 is 0 Å². The predicted molar refractivity (Wildman–Crippen MR) is 35.6 cm³/mol. The van der Waals surface area contributed by atoms with E-state index in [2.05, 4.69) is 0 Å².